The van der Waals surface area contributed by atoms with Crippen molar-refractivity contribution in [1.29, 1.82) is 0 Å². The highest BCUT2D eigenvalue weighted by atomic mass is 32.1. The van der Waals surface area contributed by atoms with Gasteiger partial charge in [-0.2, -0.15) is 5.10 Å². The van der Waals surface area contributed by atoms with E-state index in [9.17, 15) is 9.18 Å². The number of fused-ring (bicyclic) bond motifs is 1. The minimum absolute atomic E-state index is 0.103. The fourth-order valence-electron chi connectivity index (χ4n) is 2.14. The topological polar surface area (TPSA) is 80.9 Å². The summed E-state index contributed by atoms with van der Waals surface area (Å²) in [6, 6.07) is 6.79. The summed E-state index contributed by atoms with van der Waals surface area (Å²) in [7, 11) is 0. The van der Waals surface area contributed by atoms with Crippen LogP contribution in [0.5, 0.6) is 0 Å². The first-order valence-corrected chi connectivity index (χ1v) is 7.41. The predicted molar refractivity (Wildman–Crippen MR) is 84.1 cm³/mol. The molecule has 0 aliphatic rings. The van der Waals surface area contributed by atoms with Crippen molar-refractivity contribution in [3.63, 3.8) is 0 Å². The third-order valence-electron chi connectivity index (χ3n) is 3.34. The smallest absolute Gasteiger partial charge is 0.263 e. The Morgan fingerprint density at radius 3 is 3.00 bits per heavy atom. The molecule has 0 fully saturated rings. The first kappa shape index (κ1) is 14.4. The van der Waals surface area contributed by atoms with Gasteiger partial charge in [-0.15, -0.1) is 16.4 Å². The maximum absolute atomic E-state index is 13.9. The van der Waals surface area contributed by atoms with Gasteiger partial charge in [-0.1, -0.05) is 18.2 Å². The second-order valence-corrected chi connectivity index (χ2v) is 5.82. The summed E-state index contributed by atoms with van der Waals surface area (Å²) >= 11 is 1.17. The van der Waals surface area contributed by atoms with Crippen LogP contribution in [0.4, 0.5) is 10.1 Å². The van der Waals surface area contributed by atoms with E-state index in [4.69, 9.17) is 5.73 Å². The largest absolute Gasteiger partial charge is 0.397 e. The lowest BCUT2D eigenvalue weighted by Crippen LogP contribution is -2.23. The monoisotopic (exact) mass is 316 g/mol. The molecular formula is C15H13FN4OS. The Labute approximate surface area is 130 Å². The van der Waals surface area contributed by atoms with Crippen molar-refractivity contribution < 1.29 is 9.18 Å². The fraction of sp³-hybridized carbons (Fsp3) is 0.133. The van der Waals surface area contributed by atoms with E-state index in [1.54, 1.807) is 31.2 Å². The predicted octanol–water partition coefficient (Wildman–Crippen LogP) is 2.65. The minimum Gasteiger partial charge on any atom is -0.397 e. The molecule has 3 rings (SSSR count). The van der Waals surface area contributed by atoms with E-state index in [-0.39, 0.29) is 18.3 Å². The summed E-state index contributed by atoms with van der Waals surface area (Å²) in [4.78, 5) is 13.2. The van der Waals surface area contributed by atoms with Crippen molar-refractivity contribution in [1.82, 2.24) is 15.5 Å². The molecule has 0 unspecified atom stereocenters. The number of aromatic nitrogens is 2. The lowest BCUT2D eigenvalue weighted by Gasteiger charge is -2.07. The molecule has 112 valence electrons. The Balaban J connectivity index is 1.82. The van der Waals surface area contributed by atoms with E-state index in [0.717, 1.165) is 0 Å². The first-order chi connectivity index (χ1) is 10.6. The summed E-state index contributed by atoms with van der Waals surface area (Å²) in [6.45, 7) is 1.79. The molecule has 0 saturated heterocycles. The maximum atomic E-state index is 13.9. The van der Waals surface area contributed by atoms with E-state index >= 15 is 0 Å². The lowest BCUT2D eigenvalue weighted by atomic mass is 10.1. The number of nitrogens with one attached hydrogen (secondary N) is 1. The number of nitrogens with zero attached hydrogens (tertiary/aromatic N) is 2. The number of hydrogen-bond donors (Lipinski definition) is 2. The van der Waals surface area contributed by atoms with Crippen molar-refractivity contribution in [2.24, 2.45) is 0 Å². The Bertz CT molecular complexity index is 862. The van der Waals surface area contributed by atoms with Gasteiger partial charge in [0, 0.05) is 17.5 Å². The Morgan fingerprint density at radius 1 is 1.41 bits per heavy atom. The van der Waals surface area contributed by atoms with E-state index in [0.29, 0.717) is 31.9 Å². The van der Waals surface area contributed by atoms with E-state index in [2.05, 4.69) is 15.5 Å². The second kappa shape index (κ2) is 5.69. The average Bonchev–Trinajstić information content (AvgIpc) is 2.86. The van der Waals surface area contributed by atoms with Crippen LogP contribution in [-0.4, -0.2) is 16.1 Å². The molecule has 0 spiro atoms. The molecule has 0 atom stereocenters. The quantitative estimate of drug-likeness (QED) is 0.778. The first-order valence-electron chi connectivity index (χ1n) is 6.59. The van der Waals surface area contributed by atoms with Gasteiger partial charge in [0.25, 0.3) is 5.91 Å². The molecule has 1 aromatic carbocycles. The van der Waals surface area contributed by atoms with Gasteiger partial charge in [0.2, 0.25) is 0 Å². The zero-order valence-corrected chi connectivity index (χ0v) is 12.6. The molecule has 0 radical (unpaired) electrons. The summed E-state index contributed by atoms with van der Waals surface area (Å²) < 4.78 is 13.9. The Hall–Kier alpha value is -2.54. The molecule has 0 bridgehead atoms. The fourth-order valence-corrected chi connectivity index (χ4v) is 3.10. The number of hydrogen-bond acceptors (Lipinski definition) is 5. The van der Waals surface area contributed by atoms with Gasteiger partial charge < -0.3 is 11.1 Å². The number of rotatable bonds is 3. The summed E-state index contributed by atoms with van der Waals surface area (Å²) in [5, 5.41) is 11.1. The van der Waals surface area contributed by atoms with Crippen molar-refractivity contribution in [3.05, 3.63) is 52.3 Å². The van der Waals surface area contributed by atoms with Crippen LogP contribution in [0.1, 0.15) is 20.8 Å². The van der Waals surface area contributed by atoms with Gasteiger partial charge in [0.15, 0.2) is 0 Å². The van der Waals surface area contributed by atoms with Crippen LogP contribution in [0.25, 0.3) is 10.2 Å². The van der Waals surface area contributed by atoms with Crippen LogP contribution < -0.4 is 11.1 Å². The van der Waals surface area contributed by atoms with Gasteiger partial charge in [-0.3, -0.25) is 4.79 Å². The molecule has 2 heterocycles. The third kappa shape index (κ3) is 2.50. The standard InChI is InChI=1S/C15H13FN4OS/c1-8-3-2-4-9(11(8)16)7-18-14(21)13-12(17)10-5-6-19-20-15(10)22-13/h2-6H,7,17H2,1H3,(H,18,21). The summed E-state index contributed by atoms with van der Waals surface area (Å²) in [5.74, 6) is -0.653. The molecule has 3 N–H and O–H groups in total. The van der Waals surface area contributed by atoms with E-state index in [1.165, 1.54) is 17.5 Å². The third-order valence-corrected chi connectivity index (χ3v) is 4.44. The van der Waals surface area contributed by atoms with Crippen LogP contribution in [0, 0.1) is 12.7 Å². The minimum atomic E-state index is -0.346. The van der Waals surface area contributed by atoms with E-state index < -0.39 is 0 Å². The van der Waals surface area contributed by atoms with Crippen molar-refractivity contribution in [2.45, 2.75) is 13.5 Å². The molecule has 22 heavy (non-hydrogen) atoms. The molecule has 7 heteroatoms. The number of nitrogen functional groups attached to an aromatic ring is 1. The van der Waals surface area contributed by atoms with Gasteiger partial charge in [0.05, 0.1) is 11.9 Å². The molecule has 3 aromatic rings. The molecular weight excluding hydrogens is 303 g/mol. The second-order valence-electron chi connectivity index (χ2n) is 4.83. The summed E-state index contributed by atoms with van der Waals surface area (Å²) in [5.41, 5.74) is 7.33. The Morgan fingerprint density at radius 2 is 2.23 bits per heavy atom. The number of benzene rings is 1. The van der Waals surface area contributed by atoms with Crippen LogP contribution in [0.3, 0.4) is 0 Å². The van der Waals surface area contributed by atoms with Gasteiger partial charge in [-0.05, 0) is 18.6 Å². The number of halogens is 1. The Kier molecular flexibility index (Phi) is 3.72. The van der Waals surface area contributed by atoms with Crippen molar-refractivity contribution in [3.8, 4) is 0 Å². The number of aryl methyl sites for hydroxylation is 1. The zero-order valence-electron chi connectivity index (χ0n) is 11.8. The SMILES string of the molecule is Cc1cccc(CNC(=O)c2sc3nnccc3c2N)c1F. The van der Waals surface area contributed by atoms with Crippen LogP contribution in [0.2, 0.25) is 0 Å². The summed E-state index contributed by atoms with van der Waals surface area (Å²) in [6.07, 6.45) is 1.52. The van der Waals surface area contributed by atoms with Crippen LogP contribution in [-0.2, 0) is 6.54 Å². The lowest BCUT2D eigenvalue weighted by molar-refractivity contribution is 0.0955. The highest BCUT2D eigenvalue weighted by Crippen LogP contribution is 2.31. The zero-order chi connectivity index (χ0) is 15.7. The van der Waals surface area contributed by atoms with Crippen LogP contribution in [0.15, 0.2) is 30.5 Å². The van der Waals surface area contributed by atoms with Crippen molar-refractivity contribution in [2.75, 3.05) is 5.73 Å². The van der Waals surface area contributed by atoms with Gasteiger partial charge in [-0.25, -0.2) is 4.39 Å². The van der Waals surface area contributed by atoms with Crippen LogP contribution >= 0.6 is 11.3 Å². The molecule has 5 nitrogen and oxygen atoms in total. The highest BCUT2D eigenvalue weighted by Gasteiger charge is 2.17. The molecule has 0 aliphatic heterocycles. The number of anilines is 1. The van der Waals surface area contributed by atoms with Crippen molar-refractivity contribution >= 4 is 33.1 Å². The number of carbonyl (C=O) groups is 1. The number of nitrogens with two attached hydrogens (primary N) is 1. The van der Waals surface area contributed by atoms with E-state index in [1.807, 2.05) is 0 Å². The molecule has 0 aliphatic carbocycles. The average molecular weight is 316 g/mol. The number of amides is 1. The normalized spacial score (nSPS) is 10.8. The molecule has 2 aromatic heterocycles. The van der Waals surface area contributed by atoms with Gasteiger partial charge in [0.1, 0.15) is 15.5 Å². The highest BCUT2D eigenvalue weighted by molar-refractivity contribution is 7.21. The molecule has 0 saturated carbocycles. The number of thiophene rings is 1. The molecule has 1 amide bonds. The van der Waals surface area contributed by atoms with Gasteiger partial charge >= 0.3 is 0 Å². The maximum Gasteiger partial charge on any atom is 0.263 e. The number of carbonyl (C=O) groups excluding carboxylic acids is 1.